The number of hydrogen-bond acceptors (Lipinski definition) is 4. The smallest absolute Gasteiger partial charge is 0.414 e. The van der Waals surface area contributed by atoms with Crippen molar-refractivity contribution in [2.45, 2.75) is 39.2 Å². The third kappa shape index (κ3) is 3.26. The monoisotopic (exact) mass is 293 g/mol. The van der Waals surface area contributed by atoms with Gasteiger partial charge < -0.3 is 14.9 Å². The summed E-state index contributed by atoms with van der Waals surface area (Å²) in [7, 11) is 0. The van der Waals surface area contributed by atoms with Crippen molar-refractivity contribution in [1.82, 2.24) is 0 Å². The van der Waals surface area contributed by atoms with E-state index >= 15 is 0 Å². The molecule has 114 valence electrons. The van der Waals surface area contributed by atoms with Gasteiger partial charge in [0.25, 0.3) is 0 Å². The second-order valence-electron chi connectivity index (χ2n) is 6.03. The minimum absolute atomic E-state index is 0.0540. The predicted molar refractivity (Wildman–Crippen MR) is 77.0 cm³/mol. The summed E-state index contributed by atoms with van der Waals surface area (Å²) in [5.74, 6) is -1.25. The SMILES string of the molecule is CC(C)(C)OC(=O)N1CCCc2c(O)cc(C(=O)O)cc21. The van der Waals surface area contributed by atoms with Crippen LogP contribution in [0.1, 0.15) is 43.1 Å². The van der Waals surface area contributed by atoms with Gasteiger partial charge in [-0.1, -0.05) is 0 Å². The molecule has 0 bridgehead atoms. The van der Waals surface area contributed by atoms with Gasteiger partial charge in [0.1, 0.15) is 11.4 Å². The first-order valence-corrected chi connectivity index (χ1v) is 6.79. The molecule has 0 aromatic heterocycles. The lowest BCUT2D eigenvalue weighted by molar-refractivity contribution is 0.0575. The molecule has 0 spiro atoms. The van der Waals surface area contributed by atoms with Crippen LogP contribution in [0, 0.1) is 0 Å². The number of phenols is 1. The molecule has 0 saturated carbocycles. The largest absolute Gasteiger partial charge is 0.508 e. The van der Waals surface area contributed by atoms with E-state index in [-0.39, 0.29) is 11.3 Å². The summed E-state index contributed by atoms with van der Waals surface area (Å²) >= 11 is 0. The first kappa shape index (κ1) is 15.2. The zero-order valence-electron chi connectivity index (χ0n) is 12.3. The number of benzene rings is 1. The summed E-state index contributed by atoms with van der Waals surface area (Å²) in [5, 5.41) is 19.1. The summed E-state index contributed by atoms with van der Waals surface area (Å²) in [6.45, 7) is 5.73. The molecule has 1 aromatic carbocycles. The van der Waals surface area contributed by atoms with Crippen molar-refractivity contribution in [2.24, 2.45) is 0 Å². The van der Waals surface area contributed by atoms with Crippen molar-refractivity contribution >= 4 is 17.7 Å². The number of hydrogen-bond donors (Lipinski definition) is 2. The van der Waals surface area contributed by atoms with E-state index in [2.05, 4.69) is 0 Å². The number of phenolic OH excluding ortho intramolecular Hbond substituents is 1. The summed E-state index contributed by atoms with van der Waals surface area (Å²) in [4.78, 5) is 24.7. The number of aromatic carboxylic acids is 1. The number of ether oxygens (including phenoxy) is 1. The third-order valence-electron chi connectivity index (χ3n) is 3.16. The Kier molecular flexibility index (Phi) is 3.80. The summed E-state index contributed by atoms with van der Waals surface area (Å²) < 4.78 is 5.33. The highest BCUT2D eigenvalue weighted by atomic mass is 16.6. The van der Waals surface area contributed by atoms with Gasteiger partial charge in [-0.15, -0.1) is 0 Å². The van der Waals surface area contributed by atoms with Gasteiger partial charge >= 0.3 is 12.1 Å². The average molecular weight is 293 g/mol. The molecular weight excluding hydrogens is 274 g/mol. The second kappa shape index (κ2) is 5.27. The third-order valence-corrected chi connectivity index (χ3v) is 3.16. The average Bonchev–Trinajstić information content (AvgIpc) is 2.35. The molecule has 1 aromatic rings. The normalized spacial score (nSPS) is 14.5. The van der Waals surface area contributed by atoms with E-state index in [1.54, 1.807) is 20.8 Å². The molecule has 2 N–H and O–H groups in total. The Balaban J connectivity index is 2.42. The van der Waals surface area contributed by atoms with E-state index in [0.29, 0.717) is 30.6 Å². The molecule has 0 atom stereocenters. The van der Waals surface area contributed by atoms with Gasteiger partial charge in [-0.05, 0) is 45.7 Å². The fraction of sp³-hybridized carbons (Fsp3) is 0.467. The molecule has 0 aliphatic carbocycles. The van der Waals surface area contributed by atoms with E-state index in [1.807, 2.05) is 0 Å². The minimum atomic E-state index is -1.15. The molecule has 1 amide bonds. The highest BCUT2D eigenvalue weighted by molar-refractivity contribution is 5.95. The number of carboxylic acids is 1. The zero-order valence-corrected chi connectivity index (χ0v) is 12.3. The number of nitrogens with zero attached hydrogens (tertiary/aromatic N) is 1. The van der Waals surface area contributed by atoms with Crippen LogP contribution >= 0.6 is 0 Å². The lowest BCUT2D eigenvalue weighted by Crippen LogP contribution is -2.40. The fourth-order valence-electron chi connectivity index (χ4n) is 2.30. The summed E-state index contributed by atoms with van der Waals surface area (Å²) in [6.07, 6.45) is 0.748. The van der Waals surface area contributed by atoms with Crippen molar-refractivity contribution in [3.63, 3.8) is 0 Å². The summed E-state index contributed by atoms with van der Waals surface area (Å²) in [6, 6.07) is 2.61. The Morgan fingerprint density at radius 3 is 2.52 bits per heavy atom. The van der Waals surface area contributed by atoms with Gasteiger partial charge in [-0.2, -0.15) is 0 Å². The van der Waals surface area contributed by atoms with E-state index in [4.69, 9.17) is 9.84 Å². The highest BCUT2D eigenvalue weighted by Crippen LogP contribution is 2.35. The minimum Gasteiger partial charge on any atom is -0.508 e. The Morgan fingerprint density at radius 2 is 1.95 bits per heavy atom. The van der Waals surface area contributed by atoms with E-state index < -0.39 is 17.7 Å². The van der Waals surface area contributed by atoms with Gasteiger partial charge in [0, 0.05) is 12.1 Å². The van der Waals surface area contributed by atoms with Gasteiger partial charge in [0.05, 0.1) is 11.3 Å². The molecule has 2 rings (SSSR count). The number of carboxylic acid groups (broad SMARTS) is 1. The van der Waals surface area contributed by atoms with Crippen LogP contribution in [0.5, 0.6) is 5.75 Å². The van der Waals surface area contributed by atoms with E-state index in [1.165, 1.54) is 17.0 Å². The summed E-state index contributed by atoms with van der Waals surface area (Å²) in [5.41, 5.74) is 0.299. The lowest BCUT2D eigenvalue weighted by Gasteiger charge is -2.32. The predicted octanol–water partition coefficient (Wildman–Crippen LogP) is 2.78. The van der Waals surface area contributed by atoms with Crippen molar-refractivity contribution in [3.05, 3.63) is 23.3 Å². The fourth-order valence-corrected chi connectivity index (χ4v) is 2.30. The van der Waals surface area contributed by atoms with Gasteiger partial charge in [-0.25, -0.2) is 9.59 Å². The van der Waals surface area contributed by atoms with Crippen molar-refractivity contribution in [3.8, 4) is 5.75 Å². The Hall–Kier alpha value is -2.24. The second-order valence-corrected chi connectivity index (χ2v) is 6.03. The first-order chi connectivity index (χ1) is 9.69. The lowest BCUT2D eigenvalue weighted by atomic mass is 9.98. The van der Waals surface area contributed by atoms with Gasteiger partial charge in [0.2, 0.25) is 0 Å². The molecule has 21 heavy (non-hydrogen) atoms. The maximum Gasteiger partial charge on any atom is 0.414 e. The molecule has 0 radical (unpaired) electrons. The quantitative estimate of drug-likeness (QED) is 0.831. The molecule has 6 heteroatoms. The molecule has 0 unspecified atom stereocenters. The van der Waals surface area contributed by atoms with E-state index in [9.17, 15) is 14.7 Å². The van der Waals surface area contributed by atoms with Crippen molar-refractivity contribution in [2.75, 3.05) is 11.4 Å². The van der Waals surface area contributed by atoms with Crippen LogP contribution in [-0.2, 0) is 11.2 Å². The van der Waals surface area contributed by atoms with Crippen LogP contribution in [0.3, 0.4) is 0 Å². The topological polar surface area (TPSA) is 87.1 Å². The number of rotatable bonds is 1. The molecule has 0 saturated heterocycles. The molecule has 1 aliphatic heterocycles. The number of amides is 1. The van der Waals surface area contributed by atoms with Crippen LogP contribution in [0.25, 0.3) is 0 Å². The van der Waals surface area contributed by atoms with Crippen LogP contribution in [-0.4, -0.2) is 34.4 Å². The number of aromatic hydroxyl groups is 1. The number of carbonyl (C=O) groups excluding carboxylic acids is 1. The Labute approximate surface area is 122 Å². The maximum atomic E-state index is 12.2. The van der Waals surface area contributed by atoms with E-state index in [0.717, 1.165) is 0 Å². The van der Waals surface area contributed by atoms with Crippen molar-refractivity contribution < 1.29 is 24.5 Å². The van der Waals surface area contributed by atoms with Crippen LogP contribution in [0.2, 0.25) is 0 Å². The molecule has 6 nitrogen and oxygen atoms in total. The first-order valence-electron chi connectivity index (χ1n) is 6.79. The molecular formula is C15H19NO5. The van der Waals surface area contributed by atoms with Crippen LogP contribution < -0.4 is 4.90 Å². The molecule has 1 heterocycles. The molecule has 0 fully saturated rings. The number of fused-ring (bicyclic) bond motifs is 1. The van der Waals surface area contributed by atoms with Crippen molar-refractivity contribution in [1.29, 1.82) is 0 Å². The van der Waals surface area contributed by atoms with Gasteiger partial charge in [-0.3, -0.25) is 4.90 Å². The number of anilines is 1. The standard InChI is InChI=1S/C15H19NO5/c1-15(2,3)21-14(20)16-6-4-5-10-11(16)7-9(13(18)19)8-12(10)17/h7-8,17H,4-6H2,1-3H3,(H,18,19). The zero-order chi connectivity index (χ0) is 15.8. The Morgan fingerprint density at radius 1 is 1.29 bits per heavy atom. The number of carbonyl (C=O) groups is 2. The molecule has 1 aliphatic rings. The Bertz CT molecular complexity index is 588. The van der Waals surface area contributed by atoms with Crippen LogP contribution in [0.4, 0.5) is 10.5 Å². The van der Waals surface area contributed by atoms with Crippen LogP contribution in [0.15, 0.2) is 12.1 Å². The highest BCUT2D eigenvalue weighted by Gasteiger charge is 2.29. The van der Waals surface area contributed by atoms with Gasteiger partial charge in [0.15, 0.2) is 0 Å². The maximum absolute atomic E-state index is 12.2.